The number of rotatable bonds is 7. The molecule has 24 heavy (non-hydrogen) atoms. The smallest absolute Gasteiger partial charge is 0.311 e. The predicted molar refractivity (Wildman–Crippen MR) is 93.1 cm³/mol. The number of carbonyl (C=O) groups is 2. The first-order valence-corrected chi connectivity index (χ1v) is 8.22. The number of hydrogen-bond donors (Lipinski definition) is 1. The third-order valence-electron chi connectivity index (χ3n) is 2.93. The molecular weight excluding hydrogens is 328 g/mol. The van der Waals surface area contributed by atoms with Crippen molar-refractivity contribution in [2.45, 2.75) is 13.3 Å². The van der Waals surface area contributed by atoms with Crippen molar-refractivity contribution in [3.63, 3.8) is 0 Å². The highest BCUT2D eigenvalue weighted by Gasteiger charge is 2.08. The molecule has 2 aromatic rings. The van der Waals surface area contributed by atoms with Gasteiger partial charge in [-0.3, -0.25) is 14.9 Å². The van der Waals surface area contributed by atoms with E-state index >= 15 is 0 Å². The largest absolute Gasteiger partial charge is 0.494 e. The Hall–Kier alpha value is -2.67. The number of carbonyl (C=O) groups excluding carboxylic acids is 2. The first-order chi connectivity index (χ1) is 11.6. The second-order valence-corrected chi connectivity index (χ2v) is 5.58. The van der Waals surface area contributed by atoms with E-state index in [4.69, 9.17) is 4.74 Å². The minimum absolute atomic E-state index is 0.0862. The molecule has 6 nitrogen and oxygen atoms in total. The van der Waals surface area contributed by atoms with Crippen LogP contribution < -0.4 is 10.1 Å². The fraction of sp³-hybridized carbons (Fsp3) is 0.235. The van der Waals surface area contributed by atoms with Crippen LogP contribution in [0.1, 0.15) is 18.2 Å². The summed E-state index contributed by atoms with van der Waals surface area (Å²) in [5, 5.41) is 4.81. The van der Waals surface area contributed by atoms with Crippen molar-refractivity contribution in [1.29, 1.82) is 0 Å². The summed E-state index contributed by atoms with van der Waals surface area (Å²) in [5.74, 6) is 0.0930. The van der Waals surface area contributed by atoms with Crippen molar-refractivity contribution >= 4 is 34.4 Å². The molecule has 1 aromatic heterocycles. The molecule has 126 valence electrons. The third-order valence-corrected chi connectivity index (χ3v) is 3.74. The van der Waals surface area contributed by atoms with Crippen LogP contribution in [0, 0.1) is 0 Å². The molecule has 0 fully saturated rings. The van der Waals surface area contributed by atoms with Gasteiger partial charge in [-0.2, -0.15) is 0 Å². The van der Waals surface area contributed by atoms with Crippen molar-refractivity contribution in [2.24, 2.45) is 0 Å². The van der Waals surface area contributed by atoms with Gasteiger partial charge in [-0.1, -0.05) is 12.1 Å². The number of benzene rings is 1. The molecule has 0 saturated carbocycles. The van der Waals surface area contributed by atoms with Gasteiger partial charge < -0.3 is 9.47 Å². The number of aromatic nitrogens is 1. The van der Waals surface area contributed by atoms with Crippen LogP contribution in [0.3, 0.4) is 0 Å². The number of nitrogens with zero attached hydrogens (tertiary/aromatic N) is 1. The molecule has 0 aliphatic heterocycles. The van der Waals surface area contributed by atoms with E-state index in [1.54, 1.807) is 11.5 Å². The van der Waals surface area contributed by atoms with Gasteiger partial charge in [-0.05, 0) is 30.7 Å². The van der Waals surface area contributed by atoms with Gasteiger partial charge in [0.15, 0.2) is 5.13 Å². The number of hydrogen-bond acceptors (Lipinski definition) is 6. The summed E-state index contributed by atoms with van der Waals surface area (Å²) in [4.78, 5) is 27.3. The predicted octanol–water partition coefficient (Wildman–Crippen LogP) is 2.91. The monoisotopic (exact) mass is 346 g/mol. The Morgan fingerprint density at radius 3 is 2.96 bits per heavy atom. The molecule has 0 saturated heterocycles. The lowest BCUT2D eigenvalue weighted by atomic mass is 10.2. The van der Waals surface area contributed by atoms with E-state index in [2.05, 4.69) is 15.0 Å². The quantitative estimate of drug-likeness (QED) is 0.616. The van der Waals surface area contributed by atoms with Crippen LogP contribution in [0.4, 0.5) is 5.13 Å². The molecule has 0 spiro atoms. The van der Waals surface area contributed by atoms with Gasteiger partial charge in [-0.25, -0.2) is 4.98 Å². The van der Waals surface area contributed by atoms with E-state index in [-0.39, 0.29) is 18.3 Å². The molecule has 1 aromatic carbocycles. The zero-order valence-electron chi connectivity index (χ0n) is 13.4. The maximum absolute atomic E-state index is 11.9. The fourth-order valence-corrected chi connectivity index (χ4v) is 2.57. The average molecular weight is 346 g/mol. The number of amides is 1. The second kappa shape index (κ2) is 8.83. The van der Waals surface area contributed by atoms with Crippen LogP contribution in [0.5, 0.6) is 5.75 Å². The van der Waals surface area contributed by atoms with Crippen LogP contribution in [-0.4, -0.2) is 30.6 Å². The Morgan fingerprint density at radius 1 is 1.38 bits per heavy atom. The van der Waals surface area contributed by atoms with E-state index in [9.17, 15) is 9.59 Å². The van der Waals surface area contributed by atoms with Crippen LogP contribution in [0.15, 0.2) is 35.7 Å². The molecule has 0 aliphatic carbocycles. The van der Waals surface area contributed by atoms with Gasteiger partial charge >= 0.3 is 5.97 Å². The molecule has 1 amide bonds. The molecule has 1 N–H and O–H groups in total. The summed E-state index contributed by atoms with van der Waals surface area (Å²) in [7, 11) is 1.32. The van der Waals surface area contributed by atoms with E-state index in [1.165, 1.54) is 24.5 Å². The summed E-state index contributed by atoms with van der Waals surface area (Å²) >= 11 is 1.26. The van der Waals surface area contributed by atoms with Gasteiger partial charge in [0.05, 0.1) is 25.8 Å². The highest BCUT2D eigenvalue weighted by Crippen LogP contribution is 2.17. The molecule has 7 heteroatoms. The van der Waals surface area contributed by atoms with Crippen molar-refractivity contribution in [2.75, 3.05) is 19.0 Å². The van der Waals surface area contributed by atoms with E-state index in [0.717, 1.165) is 11.3 Å². The van der Waals surface area contributed by atoms with Gasteiger partial charge in [-0.15, -0.1) is 11.3 Å². The Morgan fingerprint density at radius 2 is 2.21 bits per heavy atom. The molecular formula is C17H18N2O4S. The van der Waals surface area contributed by atoms with Crippen molar-refractivity contribution in [1.82, 2.24) is 4.98 Å². The molecule has 2 rings (SSSR count). The molecule has 0 unspecified atom stereocenters. The van der Waals surface area contributed by atoms with Crippen molar-refractivity contribution < 1.29 is 19.1 Å². The number of nitrogens with one attached hydrogen (secondary N) is 1. The zero-order valence-corrected chi connectivity index (χ0v) is 14.3. The third kappa shape index (κ3) is 5.51. The summed E-state index contributed by atoms with van der Waals surface area (Å²) in [6.07, 6.45) is 3.20. The van der Waals surface area contributed by atoms with Crippen molar-refractivity contribution in [3.8, 4) is 5.75 Å². The maximum atomic E-state index is 11.9. The number of methoxy groups -OCH3 is 1. The molecule has 0 radical (unpaired) electrons. The SMILES string of the molecule is CCOc1cccc(/C=C/C(=O)Nc2nc(CC(=O)OC)cs2)c1. The fourth-order valence-electron chi connectivity index (χ4n) is 1.86. The number of esters is 1. The lowest BCUT2D eigenvalue weighted by Crippen LogP contribution is -2.08. The summed E-state index contributed by atoms with van der Waals surface area (Å²) < 4.78 is 9.99. The molecule has 0 bridgehead atoms. The minimum Gasteiger partial charge on any atom is -0.494 e. The summed E-state index contributed by atoms with van der Waals surface area (Å²) in [6.45, 7) is 2.50. The molecule has 1 heterocycles. The highest BCUT2D eigenvalue weighted by molar-refractivity contribution is 7.14. The molecule has 0 aliphatic rings. The Bertz CT molecular complexity index is 740. The lowest BCUT2D eigenvalue weighted by molar-refractivity contribution is -0.139. The van der Waals surface area contributed by atoms with Crippen LogP contribution in [-0.2, 0) is 20.7 Å². The molecule has 0 atom stereocenters. The number of thiazole rings is 1. The standard InChI is InChI=1S/C17H18N2O4S/c1-3-23-14-6-4-5-12(9-14)7-8-15(20)19-17-18-13(11-24-17)10-16(21)22-2/h4-9,11H,3,10H2,1-2H3,(H,18,19,20)/b8-7+. The van der Waals surface area contributed by atoms with Crippen LogP contribution in [0.25, 0.3) is 6.08 Å². The first kappa shape index (κ1) is 17.7. The second-order valence-electron chi connectivity index (χ2n) is 4.72. The van der Waals surface area contributed by atoms with Gasteiger partial charge in [0.1, 0.15) is 5.75 Å². The maximum Gasteiger partial charge on any atom is 0.311 e. The zero-order chi connectivity index (χ0) is 17.4. The normalized spacial score (nSPS) is 10.6. The Kier molecular flexibility index (Phi) is 6.51. The van der Waals surface area contributed by atoms with E-state index in [1.807, 2.05) is 31.2 Å². The highest BCUT2D eigenvalue weighted by atomic mass is 32.1. The Labute approximate surface area is 144 Å². The summed E-state index contributed by atoms with van der Waals surface area (Å²) in [6, 6.07) is 7.46. The topological polar surface area (TPSA) is 77.5 Å². The first-order valence-electron chi connectivity index (χ1n) is 7.34. The number of ether oxygens (including phenoxy) is 2. The lowest BCUT2D eigenvalue weighted by Gasteiger charge is -2.03. The average Bonchev–Trinajstić information content (AvgIpc) is 3.00. The number of anilines is 1. The van der Waals surface area contributed by atoms with Crippen LogP contribution >= 0.6 is 11.3 Å². The van der Waals surface area contributed by atoms with Gasteiger partial charge in [0.2, 0.25) is 5.91 Å². The van der Waals surface area contributed by atoms with E-state index in [0.29, 0.717) is 17.4 Å². The van der Waals surface area contributed by atoms with Crippen molar-refractivity contribution in [3.05, 3.63) is 47.0 Å². The summed E-state index contributed by atoms with van der Waals surface area (Å²) in [5.41, 5.74) is 1.43. The minimum atomic E-state index is -0.368. The Balaban J connectivity index is 1.93. The van der Waals surface area contributed by atoms with E-state index < -0.39 is 0 Å². The van der Waals surface area contributed by atoms with Crippen LogP contribution in [0.2, 0.25) is 0 Å². The van der Waals surface area contributed by atoms with Gasteiger partial charge in [0.25, 0.3) is 0 Å². The van der Waals surface area contributed by atoms with Gasteiger partial charge in [0, 0.05) is 11.5 Å².